The second kappa shape index (κ2) is 7.55. The van der Waals surface area contributed by atoms with Crippen LogP contribution in [0, 0.1) is 0 Å². The summed E-state index contributed by atoms with van der Waals surface area (Å²) in [6.45, 7) is 0. The van der Waals surface area contributed by atoms with Gasteiger partial charge in [0.2, 0.25) is 5.09 Å². The topological polar surface area (TPSA) is 89.5 Å². The molecule has 0 amide bonds. The van der Waals surface area contributed by atoms with Crippen LogP contribution in [0.1, 0.15) is 21.6 Å². The van der Waals surface area contributed by atoms with E-state index in [1.807, 2.05) is 6.07 Å². The van der Waals surface area contributed by atoms with E-state index < -0.39 is 16.0 Å². The lowest BCUT2D eigenvalue weighted by molar-refractivity contribution is 0.0697. The standard InChI is InChI=1S/C24H16ClNO5S/c25-19-9-10-21-18(12-19)13-20(11-15-5-7-16(8-6-15)24(27)28)26(21)32(29,30)23-14-17-3-1-2-4-22(17)31-23/h1-10,12-14H,11H2,(H,27,28). The maximum absolute atomic E-state index is 13.7. The molecule has 3 aromatic carbocycles. The summed E-state index contributed by atoms with van der Waals surface area (Å²) in [5, 5.41) is 10.8. The van der Waals surface area contributed by atoms with Crippen LogP contribution < -0.4 is 0 Å². The van der Waals surface area contributed by atoms with Crippen LogP contribution in [0.3, 0.4) is 0 Å². The minimum Gasteiger partial charge on any atom is -0.478 e. The van der Waals surface area contributed by atoms with Gasteiger partial charge in [-0.25, -0.2) is 8.77 Å². The molecule has 0 radical (unpaired) electrons. The Labute approximate surface area is 188 Å². The highest BCUT2D eigenvalue weighted by Gasteiger charge is 2.27. The number of aromatic carboxylic acids is 1. The first-order valence-electron chi connectivity index (χ1n) is 9.69. The van der Waals surface area contributed by atoms with E-state index in [0.717, 1.165) is 5.56 Å². The minimum atomic E-state index is -4.06. The highest BCUT2D eigenvalue weighted by molar-refractivity contribution is 7.90. The summed E-state index contributed by atoms with van der Waals surface area (Å²) in [7, 11) is -4.06. The zero-order valence-electron chi connectivity index (χ0n) is 16.5. The van der Waals surface area contributed by atoms with Gasteiger partial charge in [-0.05, 0) is 48.0 Å². The summed E-state index contributed by atoms with van der Waals surface area (Å²) in [5.74, 6) is -1.02. The first-order chi connectivity index (χ1) is 15.3. The van der Waals surface area contributed by atoms with Crippen molar-refractivity contribution in [3.63, 3.8) is 0 Å². The van der Waals surface area contributed by atoms with E-state index >= 15 is 0 Å². The summed E-state index contributed by atoms with van der Waals surface area (Å²) in [6, 6.07) is 21.7. The predicted octanol–water partition coefficient (Wildman–Crippen LogP) is 5.57. The third-order valence-corrected chi connectivity index (χ3v) is 7.13. The molecule has 2 aromatic heterocycles. The maximum Gasteiger partial charge on any atom is 0.335 e. The van der Waals surface area contributed by atoms with E-state index in [1.165, 1.54) is 22.2 Å². The molecule has 8 heteroatoms. The minimum absolute atomic E-state index is 0.159. The predicted molar refractivity (Wildman–Crippen MR) is 122 cm³/mol. The fraction of sp³-hybridized carbons (Fsp3) is 0.0417. The number of aromatic nitrogens is 1. The number of benzene rings is 3. The number of rotatable bonds is 5. The molecule has 32 heavy (non-hydrogen) atoms. The highest BCUT2D eigenvalue weighted by atomic mass is 35.5. The number of carboxylic acid groups (broad SMARTS) is 1. The lowest BCUT2D eigenvalue weighted by Gasteiger charge is -2.10. The Balaban J connectivity index is 1.67. The van der Waals surface area contributed by atoms with E-state index in [9.17, 15) is 13.2 Å². The van der Waals surface area contributed by atoms with Crippen molar-refractivity contribution >= 4 is 49.5 Å². The molecule has 0 bridgehead atoms. The van der Waals surface area contributed by atoms with Crippen LogP contribution in [0.15, 0.2) is 88.4 Å². The van der Waals surface area contributed by atoms with Gasteiger partial charge in [-0.3, -0.25) is 0 Å². The first-order valence-corrected chi connectivity index (χ1v) is 11.5. The molecular weight excluding hydrogens is 450 g/mol. The average molecular weight is 466 g/mol. The number of hydrogen-bond donors (Lipinski definition) is 1. The molecule has 0 atom stereocenters. The molecule has 5 rings (SSSR count). The smallest absolute Gasteiger partial charge is 0.335 e. The van der Waals surface area contributed by atoms with Crippen molar-refractivity contribution in [2.45, 2.75) is 11.5 Å². The van der Waals surface area contributed by atoms with Crippen LogP contribution in [0.5, 0.6) is 0 Å². The second-order valence-corrected chi connectivity index (χ2v) is 9.54. The first kappa shape index (κ1) is 20.4. The Hall–Kier alpha value is -3.55. The third kappa shape index (κ3) is 3.45. The van der Waals surface area contributed by atoms with Gasteiger partial charge in [0.1, 0.15) is 5.58 Å². The van der Waals surface area contributed by atoms with Crippen molar-refractivity contribution in [2.24, 2.45) is 0 Å². The van der Waals surface area contributed by atoms with Crippen molar-refractivity contribution in [3.05, 3.63) is 101 Å². The molecular formula is C24H16ClNO5S. The van der Waals surface area contributed by atoms with Gasteiger partial charge in [-0.1, -0.05) is 41.9 Å². The van der Waals surface area contributed by atoms with Crippen LogP contribution in [-0.4, -0.2) is 23.5 Å². The number of para-hydroxylation sites is 1. The summed E-state index contributed by atoms with van der Waals surface area (Å²) in [4.78, 5) is 11.1. The molecule has 0 aliphatic heterocycles. The summed E-state index contributed by atoms with van der Waals surface area (Å²) in [6.07, 6.45) is 0.270. The monoisotopic (exact) mass is 465 g/mol. The number of furan rings is 1. The fourth-order valence-electron chi connectivity index (χ4n) is 3.77. The van der Waals surface area contributed by atoms with Gasteiger partial charge in [0.25, 0.3) is 0 Å². The normalized spacial score (nSPS) is 11.9. The van der Waals surface area contributed by atoms with E-state index in [0.29, 0.717) is 32.6 Å². The van der Waals surface area contributed by atoms with Gasteiger partial charge < -0.3 is 9.52 Å². The van der Waals surface area contributed by atoms with E-state index in [4.69, 9.17) is 21.1 Å². The maximum atomic E-state index is 13.7. The number of halogens is 1. The highest BCUT2D eigenvalue weighted by Crippen LogP contribution is 2.31. The van der Waals surface area contributed by atoms with Crippen molar-refractivity contribution in [1.29, 1.82) is 0 Å². The Morgan fingerprint density at radius 1 is 0.938 bits per heavy atom. The van der Waals surface area contributed by atoms with Crippen molar-refractivity contribution in [3.8, 4) is 0 Å². The molecule has 6 nitrogen and oxygen atoms in total. The molecule has 0 saturated carbocycles. The van der Waals surface area contributed by atoms with Gasteiger partial charge >= 0.3 is 16.0 Å². The molecule has 1 N–H and O–H groups in total. The molecule has 0 aliphatic rings. The largest absolute Gasteiger partial charge is 0.478 e. The Kier molecular flexibility index (Phi) is 4.80. The van der Waals surface area contributed by atoms with E-state index in [1.54, 1.807) is 54.6 Å². The van der Waals surface area contributed by atoms with Gasteiger partial charge in [0.05, 0.1) is 11.1 Å². The molecule has 5 aromatic rings. The number of carbonyl (C=O) groups is 1. The van der Waals surface area contributed by atoms with Crippen LogP contribution in [0.25, 0.3) is 21.9 Å². The number of nitrogens with zero attached hydrogens (tertiary/aromatic N) is 1. The van der Waals surface area contributed by atoms with Gasteiger partial charge in [-0.2, -0.15) is 8.42 Å². The Morgan fingerprint density at radius 3 is 2.41 bits per heavy atom. The zero-order valence-corrected chi connectivity index (χ0v) is 18.1. The SMILES string of the molecule is O=C(O)c1ccc(Cc2cc3cc(Cl)ccc3n2S(=O)(=O)c2cc3ccccc3o2)cc1. The van der Waals surface area contributed by atoms with E-state index in [2.05, 4.69) is 0 Å². The van der Waals surface area contributed by atoms with Crippen LogP contribution in [-0.2, 0) is 16.4 Å². The van der Waals surface area contributed by atoms with Crippen LogP contribution >= 0.6 is 11.6 Å². The van der Waals surface area contributed by atoms with Crippen molar-refractivity contribution in [1.82, 2.24) is 3.97 Å². The second-order valence-electron chi connectivity index (χ2n) is 7.39. The lowest BCUT2D eigenvalue weighted by atomic mass is 10.1. The summed E-state index contributed by atoms with van der Waals surface area (Å²) >= 11 is 6.14. The average Bonchev–Trinajstić information content (AvgIpc) is 3.35. The number of carboxylic acids is 1. The zero-order chi connectivity index (χ0) is 22.5. The van der Waals surface area contributed by atoms with Gasteiger partial charge in [-0.15, -0.1) is 0 Å². The third-order valence-electron chi connectivity index (χ3n) is 5.27. The summed E-state index contributed by atoms with van der Waals surface area (Å²) in [5.41, 5.74) is 2.40. The molecule has 160 valence electrons. The van der Waals surface area contributed by atoms with Crippen LogP contribution in [0.2, 0.25) is 5.02 Å². The Morgan fingerprint density at radius 2 is 1.69 bits per heavy atom. The number of fused-ring (bicyclic) bond motifs is 2. The molecule has 0 saturated heterocycles. The lowest BCUT2D eigenvalue weighted by Crippen LogP contribution is -2.15. The van der Waals surface area contributed by atoms with Gasteiger partial charge in [0.15, 0.2) is 0 Å². The summed E-state index contributed by atoms with van der Waals surface area (Å²) < 4.78 is 34.3. The molecule has 0 aliphatic carbocycles. The van der Waals surface area contributed by atoms with Gasteiger partial charge in [0, 0.05) is 34.0 Å². The number of hydrogen-bond acceptors (Lipinski definition) is 4. The molecule has 0 fully saturated rings. The molecule has 0 unspecified atom stereocenters. The van der Waals surface area contributed by atoms with Crippen molar-refractivity contribution in [2.75, 3.05) is 0 Å². The quantitative estimate of drug-likeness (QED) is 0.366. The fourth-order valence-corrected chi connectivity index (χ4v) is 5.46. The molecule has 0 spiro atoms. The van der Waals surface area contributed by atoms with Crippen molar-refractivity contribution < 1.29 is 22.7 Å². The van der Waals surface area contributed by atoms with Crippen LogP contribution in [0.4, 0.5) is 0 Å². The molecule has 2 heterocycles. The Bertz CT molecular complexity index is 1560. The van der Waals surface area contributed by atoms with E-state index in [-0.39, 0.29) is 17.1 Å².